The minimum atomic E-state index is 0.127. The van der Waals surface area contributed by atoms with Crippen LogP contribution in [0.3, 0.4) is 0 Å². The van der Waals surface area contributed by atoms with E-state index in [1.807, 2.05) is 12.5 Å². The van der Waals surface area contributed by atoms with Crippen molar-refractivity contribution in [1.82, 2.24) is 20.2 Å². The number of aryl methyl sites for hydroxylation is 1. The molecule has 3 aromatic rings. The van der Waals surface area contributed by atoms with Gasteiger partial charge in [0, 0.05) is 51.1 Å². The maximum Gasteiger partial charge on any atom is 0.191 e. The molecular formula is C25H31N5O2. The number of rotatable bonds is 8. The van der Waals surface area contributed by atoms with Crippen molar-refractivity contribution in [3.8, 4) is 5.75 Å². The Morgan fingerprint density at radius 3 is 2.84 bits per heavy atom. The summed E-state index contributed by atoms with van der Waals surface area (Å²) in [6, 6.07) is 14.9. The van der Waals surface area contributed by atoms with Gasteiger partial charge in [0.1, 0.15) is 11.9 Å². The molecule has 2 heterocycles. The lowest BCUT2D eigenvalue weighted by molar-refractivity contribution is 0.140. The minimum Gasteiger partial charge on any atom is -0.488 e. The van der Waals surface area contributed by atoms with Crippen LogP contribution in [0.2, 0.25) is 0 Å². The lowest BCUT2D eigenvalue weighted by Gasteiger charge is -2.18. The fraction of sp³-hybridized carbons (Fsp3) is 0.360. The second-order valence-corrected chi connectivity index (χ2v) is 8.05. The maximum absolute atomic E-state index is 6.21. The van der Waals surface area contributed by atoms with Gasteiger partial charge in [0.15, 0.2) is 5.96 Å². The van der Waals surface area contributed by atoms with Crippen molar-refractivity contribution in [3.63, 3.8) is 0 Å². The fourth-order valence-electron chi connectivity index (χ4n) is 3.72. The number of benzene rings is 2. The van der Waals surface area contributed by atoms with E-state index in [0.717, 1.165) is 36.8 Å². The minimum absolute atomic E-state index is 0.127. The van der Waals surface area contributed by atoms with Crippen LogP contribution in [0.5, 0.6) is 5.75 Å². The van der Waals surface area contributed by atoms with Crippen LogP contribution >= 0.6 is 0 Å². The van der Waals surface area contributed by atoms with Gasteiger partial charge in [-0.2, -0.15) is 0 Å². The summed E-state index contributed by atoms with van der Waals surface area (Å²) in [5, 5.41) is 6.81. The SMILES string of the molecule is CN=C(NCc1cccc(Cn2ccnc2)c1)NCc1ccc(C)cc1OC1CCOC1. The third kappa shape index (κ3) is 6.11. The Bertz CT molecular complexity index is 1030. The Kier molecular flexibility index (Phi) is 7.40. The van der Waals surface area contributed by atoms with E-state index in [2.05, 4.69) is 74.6 Å². The highest BCUT2D eigenvalue weighted by atomic mass is 16.5. The zero-order valence-electron chi connectivity index (χ0n) is 18.8. The van der Waals surface area contributed by atoms with Crippen molar-refractivity contribution < 1.29 is 9.47 Å². The quantitative estimate of drug-likeness (QED) is 0.421. The van der Waals surface area contributed by atoms with Crippen molar-refractivity contribution in [2.45, 2.75) is 39.1 Å². The van der Waals surface area contributed by atoms with Crippen LogP contribution in [0.4, 0.5) is 0 Å². The molecule has 0 bridgehead atoms. The average Bonchev–Trinajstić information content (AvgIpc) is 3.50. The van der Waals surface area contributed by atoms with E-state index in [0.29, 0.717) is 19.7 Å². The first kappa shape index (κ1) is 21.9. The van der Waals surface area contributed by atoms with Gasteiger partial charge in [-0.05, 0) is 29.7 Å². The van der Waals surface area contributed by atoms with Crippen LogP contribution in [-0.2, 0) is 24.4 Å². The molecule has 1 saturated heterocycles. The molecule has 1 aliphatic rings. The van der Waals surface area contributed by atoms with Crippen LogP contribution in [0, 0.1) is 6.92 Å². The zero-order chi connectivity index (χ0) is 22.2. The number of nitrogens with zero attached hydrogens (tertiary/aromatic N) is 3. The Balaban J connectivity index is 1.33. The Morgan fingerprint density at radius 1 is 1.19 bits per heavy atom. The van der Waals surface area contributed by atoms with Gasteiger partial charge >= 0.3 is 0 Å². The lowest BCUT2D eigenvalue weighted by atomic mass is 10.1. The van der Waals surface area contributed by atoms with E-state index >= 15 is 0 Å². The van der Waals surface area contributed by atoms with Crippen LogP contribution < -0.4 is 15.4 Å². The Labute approximate surface area is 189 Å². The first-order valence-corrected chi connectivity index (χ1v) is 11.0. The second-order valence-electron chi connectivity index (χ2n) is 8.05. The predicted octanol–water partition coefficient (Wildman–Crippen LogP) is 3.27. The van der Waals surface area contributed by atoms with Crippen molar-refractivity contribution in [1.29, 1.82) is 0 Å². The van der Waals surface area contributed by atoms with E-state index in [1.165, 1.54) is 16.7 Å². The highest BCUT2D eigenvalue weighted by Gasteiger charge is 2.18. The van der Waals surface area contributed by atoms with Crippen molar-refractivity contribution in [2.24, 2.45) is 4.99 Å². The summed E-state index contributed by atoms with van der Waals surface area (Å²) >= 11 is 0. The number of imidazole rings is 1. The summed E-state index contributed by atoms with van der Waals surface area (Å²) in [6.45, 7) is 5.63. The molecule has 1 atom stereocenters. The molecule has 7 heteroatoms. The normalized spacial score (nSPS) is 16.2. The summed E-state index contributed by atoms with van der Waals surface area (Å²) in [5.41, 5.74) is 4.72. The van der Waals surface area contributed by atoms with Gasteiger partial charge < -0.3 is 24.7 Å². The summed E-state index contributed by atoms with van der Waals surface area (Å²) in [4.78, 5) is 8.48. The van der Waals surface area contributed by atoms with Crippen molar-refractivity contribution in [2.75, 3.05) is 20.3 Å². The smallest absolute Gasteiger partial charge is 0.191 e. The predicted molar refractivity (Wildman–Crippen MR) is 126 cm³/mol. The van der Waals surface area contributed by atoms with Crippen molar-refractivity contribution >= 4 is 5.96 Å². The zero-order valence-corrected chi connectivity index (χ0v) is 18.8. The molecule has 0 aliphatic carbocycles. The fourth-order valence-corrected chi connectivity index (χ4v) is 3.72. The molecule has 0 saturated carbocycles. The topological polar surface area (TPSA) is 72.7 Å². The summed E-state index contributed by atoms with van der Waals surface area (Å²) in [5.74, 6) is 1.66. The van der Waals surface area contributed by atoms with Gasteiger partial charge in [0.05, 0.1) is 19.5 Å². The first-order valence-electron chi connectivity index (χ1n) is 11.0. The molecule has 2 aromatic carbocycles. The Hall–Kier alpha value is -3.32. The Morgan fingerprint density at radius 2 is 2.06 bits per heavy atom. The van der Waals surface area contributed by atoms with E-state index in [1.54, 1.807) is 13.2 Å². The second kappa shape index (κ2) is 10.8. The van der Waals surface area contributed by atoms with Crippen LogP contribution in [0.1, 0.15) is 28.7 Å². The largest absolute Gasteiger partial charge is 0.488 e. The summed E-state index contributed by atoms with van der Waals surface area (Å²) < 4.78 is 13.7. The molecule has 2 N–H and O–H groups in total. The summed E-state index contributed by atoms with van der Waals surface area (Å²) in [6.07, 6.45) is 6.67. The number of hydrogen-bond donors (Lipinski definition) is 2. The molecule has 7 nitrogen and oxygen atoms in total. The van der Waals surface area contributed by atoms with Crippen LogP contribution in [0.15, 0.2) is 66.2 Å². The molecule has 1 aromatic heterocycles. The number of hydrogen-bond acceptors (Lipinski definition) is 4. The van der Waals surface area contributed by atoms with Gasteiger partial charge in [-0.15, -0.1) is 0 Å². The molecule has 1 aliphatic heterocycles. The average molecular weight is 434 g/mol. The standard InChI is InChI=1S/C25H31N5O2/c1-19-6-7-22(24(12-19)32-23-8-11-31-17-23)15-29-25(26-2)28-14-20-4-3-5-21(13-20)16-30-10-9-27-18-30/h3-7,9-10,12-13,18,23H,8,11,14-17H2,1-2H3,(H2,26,28,29). The van der Waals surface area contributed by atoms with Crippen LogP contribution in [-0.4, -0.2) is 41.9 Å². The first-order chi connectivity index (χ1) is 15.7. The van der Waals surface area contributed by atoms with Gasteiger partial charge in [-0.1, -0.05) is 36.4 Å². The van der Waals surface area contributed by atoms with Gasteiger partial charge in [0.2, 0.25) is 0 Å². The molecule has 32 heavy (non-hydrogen) atoms. The molecule has 4 rings (SSSR count). The number of ether oxygens (including phenoxy) is 2. The van der Waals surface area contributed by atoms with Crippen LogP contribution in [0.25, 0.3) is 0 Å². The number of aromatic nitrogens is 2. The highest BCUT2D eigenvalue weighted by molar-refractivity contribution is 5.79. The van der Waals surface area contributed by atoms with E-state index in [9.17, 15) is 0 Å². The number of guanidine groups is 1. The van der Waals surface area contributed by atoms with Crippen molar-refractivity contribution in [3.05, 3.63) is 83.4 Å². The molecule has 0 amide bonds. The lowest BCUT2D eigenvalue weighted by Crippen LogP contribution is -2.36. The van der Waals surface area contributed by atoms with Gasteiger partial charge in [0.25, 0.3) is 0 Å². The van der Waals surface area contributed by atoms with E-state index in [-0.39, 0.29) is 6.10 Å². The molecule has 1 fully saturated rings. The molecular weight excluding hydrogens is 402 g/mol. The van der Waals surface area contributed by atoms with E-state index in [4.69, 9.17) is 9.47 Å². The summed E-state index contributed by atoms with van der Waals surface area (Å²) in [7, 11) is 1.78. The number of nitrogens with one attached hydrogen (secondary N) is 2. The molecule has 1 unspecified atom stereocenters. The van der Waals surface area contributed by atoms with Gasteiger partial charge in [-0.25, -0.2) is 4.98 Å². The maximum atomic E-state index is 6.21. The molecule has 0 spiro atoms. The third-order valence-electron chi connectivity index (χ3n) is 5.45. The van der Waals surface area contributed by atoms with E-state index < -0.39 is 0 Å². The van der Waals surface area contributed by atoms with Gasteiger partial charge in [-0.3, -0.25) is 4.99 Å². The number of aliphatic imine (C=N–C) groups is 1. The third-order valence-corrected chi connectivity index (χ3v) is 5.45. The highest BCUT2D eigenvalue weighted by Crippen LogP contribution is 2.23. The molecule has 0 radical (unpaired) electrons. The monoisotopic (exact) mass is 433 g/mol. The molecule has 168 valence electrons.